The van der Waals surface area contributed by atoms with Crippen molar-refractivity contribution in [1.82, 2.24) is 0 Å². The summed E-state index contributed by atoms with van der Waals surface area (Å²) >= 11 is 0. The van der Waals surface area contributed by atoms with E-state index in [4.69, 9.17) is 5.11 Å². The third-order valence-corrected chi connectivity index (χ3v) is 5.22. The highest BCUT2D eigenvalue weighted by Gasteiger charge is 2.42. The van der Waals surface area contributed by atoms with Gasteiger partial charge in [-0.2, -0.15) is 0 Å². The third kappa shape index (κ3) is 4.44. The Morgan fingerprint density at radius 2 is 1.63 bits per heavy atom. The summed E-state index contributed by atoms with van der Waals surface area (Å²) in [5.41, 5.74) is -0.939. The van der Waals surface area contributed by atoms with E-state index in [-0.39, 0.29) is 10.9 Å². The maximum Gasteiger partial charge on any atom is 0.353 e. The lowest BCUT2D eigenvalue weighted by atomic mass is 9.76. The number of aliphatic carboxylic acids is 1. The SMILES string of the molecule is CCCCC(CC)(CC)C(=C(C)C(=O)O)P(=O)(O)O. The Morgan fingerprint density at radius 3 is 1.89 bits per heavy atom. The van der Waals surface area contributed by atoms with Crippen molar-refractivity contribution >= 4 is 13.6 Å². The predicted octanol–water partition coefficient (Wildman–Crippen LogP) is 3.52. The molecule has 112 valence electrons. The Balaban J connectivity index is 6.00. The van der Waals surface area contributed by atoms with Gasteiger partial charge < -0.3 is 14.9 Å². The molecule has 0 saturated heterocycles. The molecule has 19 heavy (non-hydrogen) atoms. The van der Waals surface area contributed by atoms with Gasteiger partial charge in [0, 0.05) is 11.0 Å². The lowest BCUT2D eigenvalue weighted by molar-refractivity contribution is -0.132. The Kier molecular flexibility index (Phi) is 6.98. The van der Waals surface area contributed by atoms with Crippen LogP contribution in [0.1, 0.15) is 59.8 Å². The van der Waals surface area contributed by atoms with Crippen LogP contribution in [0, 0.1) is 5.41 Å². The van der Waals surface area contributed by atoms with Gasteiger partial charge in [0.15, 0.2) is 0 Å². The molecule has 0 fully saturated rings. The second-order valence-corrected chi connectivity index (χ2v) is 6.45. The molecular weight excluding hydrogens is 267 g/mol. The Morgan fingerprint density at radius 1 is 1.16 bits per heavy atom. The van der Waals surface area contributed by atoms with Crippen molar-refractivity contribution in [3.63, 3.8) is 0 Å². The number of carbonyl (C=O) groups is 1. The van der Waals surface area contributed by atoms with Crippen LogP contribution in [-0.2, 0) is 9.36 Å². The fourth-order valence-electron chi connectivity index (χ4n) is 2.60. The molecule has 0 spiro atoms. The van der Waals surface area contributed by atoms with Gasteiger partial charge in [0.2, 0.25) is 0 Å². The van der Waals surface area contributed by atoms with E-state index >= 15 is 0 Å². The summed E-state index contributed by atoms with van der Waals surface area (Å²) in [5, 5.41) is 8.91. The Bertz CT molecular complexity index is 390. The minimum atomic E-state index is -4.58. The molecule has 0 radical (unpaired) electrons. The van der Waals surface area contributed by atoms with Crippen molar-refractivity contribution < 1.29 is 24.3 Å². The van der Waals surface area contributed by atoms with Gasteiger partial charge >= 0.3 is 13.6 Å². The van der Waals surface area contributed by atoms with Gasteiger partial charge in [-0.05, 0) is 26.2 Å². The first-order chi connectivity index (χ1) is 8.66. The minimum Gasteiger partial charge on any atom is -0.478 e. The molecule has 0 aliphatic heterocycles. The smallest absolute Gasteiger partial charge is 0.353 e. The number of hydrogen-bond donors (Lipinski definition) is 3. The molecule has 5 nitrogen and oxygen atoms in total. The predicted molar refractivity (Wildman–Crippen MR) is 74.9 cm³/mol. The molecule has 0 atom stereocenters. The summed E-state index contributed by atoms with van der Waals surface area (Å²) < 4.78 is 11.8. The van der Waals surface area contributed by atoms with E-state index in [1.165, 1.54) is 6.92 Å². The zero-order valence-electron chi connectivity index (χ0n) is 12.1. The highest BCUT2D eigenvalue weighted by atomic mass is 31.2. The van der Waals surface area contributed by atoms with Crippen molar-refractivity contribution in [2.24, 2.45) is 5.41 Å². The fourth-order valence-corrected chi connectivity index (χ4v) is 4.18. The minimum absolute atomic E-state index is 0.189. The van der Waals surface area contributed by atoms with Crippen LogP contribution < -0.4 is 0 Å². The fraction of sp³-hybridized carbons (Fsp3) is 0.769. The zero-order valence-corrected chi connectivity index (χ0v) is 13.0. The topological polar surface area (TPSA) is 94.8 Å². The molecule has 0 bridgehead atoms. The first kappa shape index (κ1) is 18.4. The normalized spacial score (nSPS) is 14.2. The summed E-state index contributed by atoms with van der Waals surface area (Å²) in [6.07, 6.45) is 3.37. The van der Waals surface area contributed by atoms with Crippen LogP contribution in [-0.4, -0.2) is 20.9 Å². The molecule has 0 saturated carbocycles. The van der Waals surface area contributed by atoms with Crippen LogP contribution in [0.4, 0.5) is 0 Å². The van der Waals surface area contributed by atoms with Gasteiger partial charge in [0.05, 0.1) is 5.31 Å². The van der Waals surface area contributed by atoms with E-state index < -0.39 is 19.0 Å². The standard InChI is InChI=1S/C13H25O5P/c1-5-8-9-13(6-2,7-3)11(19(16,17)18)10(4)12(14)15/h5-9H2,1-4H3,(H,14,15)(H2,16,17,18). The average Bonchev–Trinajstić information content (AvgIpc) is 2.32. The van der Waals surface area contributed by atoms with Crippen LogP contribution in [0.3, 0.4) is 0 Å². The number of allylic oxidation sites excluding steroid dienone is 1. The second-order valence-electron chi connectivity index (χ2n) is 4.91. The first-order valence-electron chi connectivity index (χ1n) is 6.67. The van der Waals surface area contributed by atoms with Crippen molar-refractivity contribution in [2.75, 3.05) is 0 Å². The Hall–Kier alpha value is -0.640. The van der Waals surface area contributed by atoms with E-state index in [0.717, 1.165) is 12.8 Å². The summed E-state index contributed by atoms with van der Waals surface area (Å²) in [4.78, 5) is 30.3. The van der Waals surface area contributed by atoms with Gasteiger partial charge in [0.1, 0.15) is 0 Å². The molecule has 0 aliphatic rings. The van der Waals surface area contributed by atoms with Crippen LogP contribution in [0.5, 0.6) is 0 Å². The molecule has 0 rings (SSSR count). The molecule has 6 heteroatoms. The van der Waals surface area contributed by atoms with E-state index in [0.29, 0.717) is 19.3 Å². The van der Waals surface area contributed by atoms with E-state index in [2.05, 4.69) is 0 Å². The van der Waals surface area contributed by atoms with Gasteiger partial charge in [-0.1, -0.05) is 33.6 Å². The van der Waals surface area contributed by atoms with Gasteiger partial charge in [-0.15, -0.1) is 0 Å². The number of unbranched alkanes of at least 4 members (excludes halogenated alkanes) is 1. The van der Waals surface area contributed by atoms with Gasteiger partial charge in [0.25, 0.3) is 0 Å². The highest BCUT2D eigenvalue weighted by Crippen LogP contribution is 2.59. The summed E-state index contributed by atoms with van der Waals surface area (Å²) in [6, 6.07) is 0. The second kappa shape index (κ2) is 7.22. The third-order valence-electron chi connectivity index (χ3n) is 3.83. The largest absolute Gasteiger partial charge is 0.478 e. The highest BCUT2D eigenvalue weighted by molar-refractivity contribution is 7.56. The van der Waals surface area contributed by atoms with Crippen molar-refractivity contribution in [2.45, 2.75) is 59.8 Å². The first-order valence-corrected chi connectivity index (χ1v) is 8.28. The molecule has 0 aromatic carbocycles. The molecular formula is C13H25O5P. The van der Waals surface area contributed by atoms with Crippen LogP contribution in [0.25, 0.3) is 0 Å². The van der Waals surface area contributed by atoms with Crippen molar-refractivity contribution in [1.29, 1.82) is 0 Å². The summed E-state index contributed by atoms with van der Waals surface area (Å²) in [5.74, 6) is -1.26. The van der Waals surface area contributed by atoms with Crippen LogP contribution in [0.15, 0.2) is 10.9 Å². The quantitative estimate of drug-likeness (QED) is 0.470. The molecule has 0 aromatic rings. The number of carboxylic acids is 1. The number of carboxylic acid groups (broad SMARTS) is 1. The molecule has 3 N–H and O–H groups in total. The number of rotatable bonds is 8. The average molecular weight is 292 g/mol. The van der Waals surface area contributed by atoms with Crippen molar-refractivity contribution in [3.8, 4) is 0 Å². The number of hydrogen-bond acceptors (Lipinski definition) is 2. The molecule has 0 heterocycles. The molecule has 0 amide bonds. The van der Waals surface area contributed by atoms with E-state index in [9.17, 15) is 19.1 Å². The van der Waals surface area contributed by atoms with Crippen LogP contribution >= 0.6 is 7.60 Å². The molecule has 0 aromatic heterocycles. The van der Waals surface area contributed by atoms with Crippen molar-refractivity contribution in [3.05, 3.63) is 10.9 Å². The lowest BCUT2D eigenvalue weighted by Crippen LogP contribution is -2.25. The maximum absolute atomic E-state index is 11.8. The van der Waals surface area contributed by atoms with Gasteiger partial charge in [-0.3, -0.25) is 4.57 Å². The van der Waals surface area contributed by atoms with E-state index in [1.54, 1.807) is 0 Å². The molecule has 0 unspecified atom stereocenters. The van der Waals surface area contributed by atoms with E-state index in [1.807, 2.05) is 20.8 Å². The lowest BCUT2D eigenvalue weighted by Gasteiger charge is -2.35. The Labute approximate surface area is 114 Å². The summed E-state index contributed by atoms with van der Waals surface area (Å²) in [7, 11) is -4.58. The van der Waals surface area contributed by atoms with Crippen LogP contribution in [0.2, 0.25) is 0 Å². The molecule has 0 aliphatic carbocycles. The van der Waals surface area contributed by atoms with Gasteiger partial charge in [-0.25, -0.2) is 4.79 Å². The monoisotopic (exact) mass is 292 g/mol. The zero-order chi connectivity index (χ0) is 15.3. The maximum atomic E-state index is 11.8. The summed E-state index contributed by atoms with van der Waals surface area (Å²) in [6.45, 7) is 6.98.